The average molecular weight is 416 g/mol. The standard InChI is InChI=1S/C21H25N3O4S/c1-21(2)20(26)22-7-8-23(21)14-19(25)24(13-16-4-3-11-29-16)15-5-6-17-18(12-15)28-10-9-27-17/h3-6,11-12H,7-10,13-14H2,1-2H3,(H,22,26). The van der Waals surface area contributed by atoms with Gasteiger partial charge in [0, 0.05) is 29.7 Å². The molecule has 2 aliphatic heterocycles. The van der Waals surface area contributed by atoms with Crippen LogP contribution >= 0.6 is 11.3 Å². The monoisotopic (exact) mass is 415 g/mol. The van der Waals surface area contributed by atoms with E-state index < -0.39 is 5.54 Å². The lowest BCUT2D eigenvalue weighted by molar-refractivity contribution is -0.136. The number of nitrogens with one attached hydrogen (secondary N) is 1. The van der Waals surface area contributed by atoms with Crippen LogP contribution in [0.4, 0.5) is 5.69 Å². The van der Waals surface area contributed by atoms with Crippen LogP contribution in [-0.2, 0) is 16.1 Å². The average Bonchev–Trinajstić information content (AvgIpc) is 3.23. The first-order valence-electron chi connectivity index (χ1n) is 9.71. The SMILES string of the molecule is CC1(C)C(=O)NCCN1CC(=O)N(Cc1cccs1)c1ccc2c(c1)OCCO2. The molecule has 4 rings (SSSR count). The predicted molar refractivity (Wildman–Crippen MR) is 112 cm³/mol. The van der Waals surface area contributed by atoms with E-state index in [1.165, 1.54) is 0 Å². The second-order valence-corrected chi connectivity index (χ2v) is 8.66. The van der Waals surface area contributed by atoms with Gasteiger partial charge in [0.1, 0.15) is 13.2 Å². The Morgan fingerprint density at radius 2 is 2.03 bits per heavy atom. The van der Waals surface area contributed by atoms with E-state index in [2.05, 4.69) is 5.32 Å². The zero-order valence-corrected chi connectivity index (χ0v) is 17.5. The van der Waals surface area contributed by atoms with Crippen molar-refractivity contribution < 1.29 is 19.1 Å². The molecule has 0 atom stereocenters. The number of thiophene rings is 1. The van der Waals surface area contributed by atoms with Crippen LogP contribution in [0.1, 0.15) is 18.7 Å². The smallest absolute Gasteiger partial charge is 0.241 e. The highest BCUT2D eigenvalue weighted by molar-refractivity contribution is 7.09. The lowest BCUT2D eigenvalue weighted by Gasteiger charge is -2.41. The number of carbonyl (C=O) groups is 2. The van der Waals surface area contributed by atoms with Gasteiger partial charge < -0.3 is 19.7 Å². The van der Waals surface area contributed by atoms with Crippen molar-refractivity contribution in [2.75, 3.05) is 37.7 Å². The summed E-state index contributed by atoms with van der Waals surface area (Å²) in [6, 6.07) is 9.57. The highest BCUT2D eigenvalue weighted by atomic mass is 32.1. The van der Waals surface area contributed by atoms with Crippen molar-refractivity contribution >= 4 is 28.8 Å². The lowest BCUT2D eigenvalue weighted by Crippen LogP contribution is -2.63. The number of amides is 2. The van der Waals surface area contributed by atoms with Crippen LogP contribution in [0.5, 0.6) is 11.5 Å². The Morgan fingerprint density at radius 1 is 1.24 bits per heavy atom. The van der Waals surface area contributed by atoms with Gasteiger partial charge in [-0.05, 0) is 37.4 Å². The van der Waals surface area contributed by atoms with Crippen LogP contribution in [0.15, 0.2) is 35.7 Å². The molecular formula is C21H25N3O4S. The maximum Gasteiger partial charge on any atom is 0.241 e. The minimum atomic E-state index is -0.727. The molecule has 1 aromatic carbocycles. The summed E-state index contributed by atoms with van der Waals surface area (Å²) in [7, 11) is 0. The van der Waals surface area contributed by atoms with E-state index in [9.17, 15) is 9.59 Å². The zero-order valence-electron chi connectivity index (χ0n) is 16.6. The molecule has 29 heavy (non-hydrogen) atoms. The fourth-order valence-corrected chi connectivity index (χ4v) is 4.24. The van der Waals surface area contributed by atoms with Gasteiger partial charge in [0.25, 0.3) is 0 Å². The van der Waals surface area contributed by atoms with Gasteiger partial charge in [-0.3, -0.25) is 14.5 Å². The maximum absolute atomic E-state index is 13.4. The van der Waals surface area contributed by atoms with Gasteiger partial charge >= 0.3 is 0 Å². The van der Waals surface area contributed by atoms with Gasteiger partial charge in [-0.1, -0.05) is 6.07 Å². The number of fused-ring (bicyclic) bond motifs is 1. The first-order valence-corrected chi connectivity index (χ1v) is 10.6. The van der Waals surface area contributed by atoms with Gasteiger partial charge in [-0.2, -0.15) is 0 Å². The third-order valence-electron chi connectivity index (χ3n) is 5.37. The Kier molecular flexibility index (Phi) is 5.47. The van der Waals surface area contributed by atoms with Crippen molar-refractivity contribution in [1.29, 1.82) is 0 Å². The van der Waals surface area contributed by atoms with Crippen LogP contribution in [0.3, 0.4) is 0 Å². The van der Waals surface area contributed by atoms with Crippen LogP contribution in [0.2, 0.25) is 0 Å². The lowest BCUT2D eigenvalue weighted by atomic mass is 9.99. The minimum absolute atomic E-state index is 0.0549. The molecule has 2 aromatic rings. The second-order valence-electron chi connectivity index (χ2n) is 7.62. The second kappa shape index (κ2) is 8.04. The van der Waals surface area contributed by atoms with Crippen molar-refractivity contribution in [2.45, 2.75) is 25.9 Å². The summed E-state index contributed by atoms with van der Waals surface area (Å²) in [6.07, 6.45) is 0. The molecule has 7 nitrogen and oxygen atoms in total. The summed E-state index contributed by atoms with van der Waals surface area (Å²) in [5, 5.41) is 4.87. The summed E-state index contributed by atoms with van der Waals surface area (Å²) in [5.74, 6) is 1.23. The van der Waals surface area contributed by atoms with Crippen molar-refractivity contribution in [3.63, 3.8) is 0 Å². The summed E-state index contributed by atoms with van der Waals surface area (Å²) < 4.78 is 11.3. The molecular weight excluding hydrogens is 390 g/mol. The first kappa shape index (κ1) is 19.7. The third-order valence-corrected chi connectivity index (χ3v) is 6.23. The largest absolute Gasteiger partial charge is 0.486 e. The molecule has 0 spiro atoms. The highest BCUT2D eigenvalue weighted by Gasteiger charge is 2.39. The van der Waals surface area contributed by atoms with Crippen LogP contribution in [0.25, 0.3) is 0 Å². The van der Waals surface area contributed by atoms with Gasteiger partial charge in [0.05, 0.1) is 18.6 Å². The number of hydrogen-bond donors (Lipinski definition) is 1. The number of anilines is 1. The third kappa shape index (κ3) is 4.09. The number of benzene rings is 1. The molecule has 0 aliphatic carbocycles. The Morgan fingerprint density at radius 3 is 2.79 bits per heavy atom. The molecule has 1 aromatic heterocycles. The molecule has 154 valence electrons. The van der Waals surface area contributed by atoms with Crippen molar-refractivity contribution in [2.24, 2.45) is 0 Å². The Bertz CT molecular complexity index is 897. The van der Waals surface area contributed by atoms with Gasteiger partial charge in [0.15, 0.2) is 11.5 Å². The number of ether oxygens (including phenoxy) is 2. The zero-order chi connectivity index (χ0) is 20.4. The van der Waals surface area contributed by atoms with Crippen LogP contribution < -0.4 is 19.7 Å². The molecule has 1 saturated heterocycles. The van der Waals surface area contributed by atoms with Gasteiger partial charge in [-0.15, -0.1) is 11.3 Å². The van der Waals surface area contributed by atoms with E-state index in [-0.39, 0.29) is 18.4 Å². The van der Waals surface area contributed by atoms with Gasteiger partial charge in [-0.25, -0.2) is 0 Å². The van der Waals surface area contributed by atoms with Crippen molar-refractivity contribution in [3.05, 3.63) is 40.6 Å². The summed E-state index contributed by atoms with van der Waals surface area (Å²) in [6.45, 7) is 6.54. The van der Waals surface area contributed by atoms with Crippen molar-refractivity contribution in [3.8, 4) is 11.5 Å². The number of carbonyl (C=O) groups excluding carboxylic acids is 2. The molecule has 3 heterocycles. The van der Waals surface area contributed by atoms with Crippen molar-refractivity contribution in [1.82, 2.24) is 10.2 Å². The van der Waals surface area contributed by atoms with Crippen LogP contribution in [-0.4, -0.2) is 55.1 Å². The quantitative estimate of drug-likeness (QED) is 0.811. The van der Waals surface area contributed by atoms with E-state index in [0.29, 0.717) is 44.3 Å². The normalized spacial score (nSPS) is 18.2. The molecule has 2 aliphatic rings. The van der Waals surface area contributed by atoms with Gasteiger partial charge in [0.2, 0.25) is 11.8 Å². The van der Waals surface area contributed by atoms with Crippen LogP contribution in [0, 0.1) is 0 Å². The number of nitrogens with zero attached hydrogens (tertiary/aromatic N) is 2. The minimum Gasteiger partial charge on any atom is -0.486 e. The van der Waals surface area contributed by atoms with E-state index in [4.69, 9.17) is 9.47 Å². The molecule has 8 heteroatoms. The topological polar surface area (TPSA) is 71.1 Å². The fourth-order valence-electron chi connectivity index (χ4n) is 3.55. The molecule has 0 bridgehead atoms. The van der Waals surface area contributed by atoms with E-state index in [0.717, 1.165) is 10.6 Å². The summed E-state index contributed by atoms with van der Waals surface area (Å²) in [4.78, 5) is 30.4. The van der Waals surface area contributed by atoms with E-state index >= 15 is 0 Å². The maximum atomic E-state index is 13.4. The number of hydrogen-bond acceptors (Lipinski definition) is 6. The molecule has 1 fully saturated rings. The Labute approximate surface area is 174 Å². The highest BCUT2D eigenvalue weighted by Crippen LogP contribution is 2.35. The molecule has 1 N–H and O–H groups in total. The molecule has 0 unspecified atom stereocenters. The Balaban J connectivity index is 1.60. The molecule has 0 radical (unpaired) electrons. The first-order chi connectivity index (χ1) is 13.9. The number of piperazine rings is 1. The fraction of sp³-hybridized carbons (Fsp3) is 0.429. The molecule has 0 saturated carbocycles. The van der Waals surface area contributed by atoms with E-state index in [1.807, 2.05) is 54.5 Å². The number of rotatable bonds is 5. The Hall–Kier alpha value is -2.58. The summed E-state index contributed by atoms with van der Waals surface area (Å²) in [5.41, 5.74) is 0.0295. The van der Waals surface area contributed by atoms with E-state index in [1.54, 1.807) is 16.2 Å². The predicted octanol–water partition coefficient (Wildman–Crippen LogP) is 2.26. The summed E-state index contributed by atoms with van der Waals surface area (Å²) >= 11 is 1.61. The molecule has 2 amide bonds.